The molecule has 1 amide bonds. The summed E-state index contributed by atoms with van der Waals surface area (Å²) < 4.78 is 26.5. The van der Waals surface area contributed by atoms with Crippen molar-refractivity contribution in [2.45, 2.75) is 37.5 Å². The fourth-order valence-corrected chi connectivity index (χ4v) is 4.05. The lowest BCUT2D eigenvalue weighted by atomic mass is 9.87. The first kappa shape index (κ1) is 19.1. The molecule has 0 spiro atoms. The van der Waals surface area contributed by atoms with Gasteiger partial charge in [-0.3, -0.25) is 14.5 Å². The number of hydrogen-bond donors (Lipinski definition) is 2. The molecule has 6 nitrogen and oxygen atoms in total. The molecule has 7 heteroatoms. The molecule has 0 aliphatic carbocycles. The van der Waals surface area contributed by atoms with Crippen molar-refractivity contribution < 1.29 is 13.2 Å². The van der Waals surface area contributed by atoms with E-state index in [2.05, 4.69) is 35.8 Å². The molecule has 2 aromatic carbocycles. The Kier molecular flexibility index (Phi) is 5.06. The fourth-order valence-electron chi connectivity index (χ4n) is 2.80. The van der Waals surface area contributed by atoms with Gasteiger partial charge in [-0.15, -0.1) is 0 Å². The molecule has 27 heavy (non-hydrogen) atoms. The molecule has 1 heterocycles. The number of nitrogens with zero attached hydrogens (tertiary/aromatic N) is 1. The van der Waals surface area contributed by atoms with Gasteiger partial charge in [0, 0.05) is 17.7 Å². The molecule has 2 aromatic rings. The Hall–Kier alpha value is -2.67. The van der Waals surface area contributed by atoms with E-state index in [4.69, 9.17) is 0 Å². The van der Waals surface area contributed by atoms with E-state index in [1.54, 1.807) is 18.2 Å². The van der Waals surface area contributed by atoms with Crippen LogP contribution in [0.2, 0.25) is 0 Å². The van der Waals surface area contributed by atoms with Crippen molar-refractivity contribution >= 4 is 27.5 Å². The average molecular weight is 385 g/mol. The highest BCUT2D eigenvalue weighted by Gasteiger charge is 2.29. The first-order chi connectivity index (χ1) is 12.7. The molecule has 0 saturated heterocycles. The maximum absolute atomic E-state index is 12.1. The van der Waals surface area contributed by atoms with Gasteiger partial charge in [0.1, 0.15) is 5.84 Å². The zero-order valence-corrected chi connectivity index (χ0v) is 16.4. The molecule has 0 bridgehead atoms. The Labute approximate surface area is 159 Å². The third-order valence-corrected chi connectivity index (χ3v) is 5.70. The maximum Gasteiger partial charge on any atom is 0.263 e. The number of aliphatic imine (C=N–C) groups is 1. The zero-order chi connectivity index (χ0) is 19.7. The first-order valence-electron chi connectivity index (χ1n) is 8.74. The number of amidine groups is 1. The van der Waals surface area contributed by atoms with E-state index >= 15 is 0 Å². The normalized spacial score (nSPS) is 16.6. The summed E-state index contributed by atoms with van der Waals surface area (Å²) in [4.78, 5) is 16.6. The van der Waals surface area contributed by atoms with E-state index in [0.29, 0.717) is 5.56 Å². The molecule has 0 radical (unpaired) electrons. The number of carbonyl (C=O) groups excluding carboxylic acids is 1. The molecule has 1 aliphatic heterocycles. The molecule has 1 aliphatic rings. The smallest absolute Gasteiger partial charge is 0.263 e. The Morgan fingerprint density at radius 2 is 1.74 bits per heavy atom. The Bertz CT molecular complexity index is 988. The molecule has 2 N–H and O–H groups in total. The lowest BCUT2D eigenvalue weighted by Gasteiger charge is -2.19. The second-order valence-electron chi connectivity index (χ2n) is 7.46. The number of anilines is 1. The number of fused-ring (bicyclic) bond motifs is 1. The van der Waals surface area contributed by atoms with Crippen LogP contribution in [0.5, 0.6) is 0 Å². The first-order valence-corrected chi connectivity index (χ1v) is 10.2. The third-order valence-electron chi connectivity index (χ3n) is 4.31. The molecule has 0 unspecified atom stereocenters. The van der Waals surface area contributed by atoms with E-state index in [1.165, 1.54) is 11.6 Å². The Morgan fingerprint density at radius 1 is 1.07 bits per heavy atom. The molecule has 142 valence electrons. The monoisotopic (exact) mass is 385 g/mol. The predicted octanol–water partition coefficient (Wildman–Crippen LogP) is 3.05. The fraction of sp³-hybridized carbons (Fsp3) is 0.300. The number of amides is 1. The van der Waals surface area contributed by atoms with Crippen LogP contribution in [0.15, 0.2) is 58.4 Å². The van der Waals surface area contributed by atoms with Crippen molar-refractivity contribution in [1.29, 1.82) is 0 Å². The van der Waals surface area contributed by atoms with Gasteiger partial charge >= 0.3 is 0 Å². The van der Waals surface area contributed by atoms with Crippen LogP contribution in [-0.2, 0) is 20.2 Å². The lowest BCUT2D eigenvalue weighted by molar-refractivity contribution is -0.116. The van der Waals surface area contributed by atoms with Crippen LogP contribution < -0.4 is 10.0 Å². The van der Waals surface area contributed by atoms with Crippen molar-refractivity contribution in [2.75, 3.05) is 11.9 Å². The Morgan fingerprint density at radius 3 is 2.41 bits per heavy atom. The Balaban J connectivity index is 1.60. The maximum atomic E-state index is 12.1. The highest BCUT2D eigenvalue weighted by molar-refractivity contribution is 7.90. The minimum Gasteiger partial charge on any atom is -0.326 e. The van der Waals surface area contributed by atoms with E-state index < -0.39 is 10.0 Å². The summed E-state index contributed by atoms with van der Waals surface area (Å²) in [6, 6.07) is 14.4. The molecule has 0 atom stereocenters. The standard InChI is InChI=1S/C20H23N3O3S/c1-20(2,3)14-8-10-15(11-9-14)22-18(24)12-13-21-19-16-6-4-5-7-17(16)27(25,26)23-19/h4-11H,12-13H2,1-3H3,(H,21,23)(H,22,24). The average Bonchev–Trinajstić information content (AvgIpc) is 2.86. The largest absolute Gasteiger partial charge is 0.326 e. The molecular weight excluding hydrogens is 362 g/mol. The molecular formula is C20H23N3O3S. The van der Waals surface area contributed by atoms with Gasteiger partial charge in [0.2, 0.25) is 5.91 Å². The van der Waals surface area contributed by atoms with E-state index in [9.17, 15) is 13.2 Å². The van der Waals surface area contributed by atoms with Crippen LogP contribution in [0.4, 0.5) is 5.69 Å². The van der Waals surface area contributed by atoms with Crippen LogP contribution >= 0.6 is 0 Å². The second kappa shape index (κ2) is 7.15. The van der Waals surface area contributed by atoms with Gasteiger partial charge in [0.15, 0.2) is 0 Å². The number of hydrogen-bond acceptors (Lipinski definition) is 4. The highest BCUT2D eigenvalue weighted by Crippen LogP contribution is 2.24. The summed E-state index contributed by atoms with van der Waals surface area (Å²) in [6.07, 6.45) is 0.161. The minimum atomic E-state index is -3.55. The zero-order valence-electron chi connectivity index (χ0n) is 15.6. The van der Waals surface area contributed by atoms with Gasteiger partial charge in [0.05, 0.1) is 11.4 Å². The van der Waals surface area contributed by atoms with Gasteiger partial charge in [-0.2, -0.15) is 0 Å². The quantitative estimate of drug-likeness (QED) is 0.848. The van der Waals surface area contributed by atoms with Crippen molar-refractivity contribution in [3.8, 4) is 0 Å². The number of benzene rings is 2. The minimum absolute atomic E-state index is 0.0591. The summed E-state index contributed by atoms with van der Waals surface area (Å²) in [5.41, 5.74) is 2.52. The van der Waals surface area contributed by atoms with E-state index in [0.717, 1.165) is 5.69 Å². The van der Waals surface area contributed by atoms with Crippen LogP contribution in [0.1, 0.15) is 38.3 Å². The van der Waals surface area contributed by atoms with Crippen LogP contribution in [0.25, 0.3) is 0 Å². The number of carbonyl (C=O) groups is 1. The van der Waals surface area contributed by atoms with Crippen molar-refractivity contribution in [3.05, 3.63) is 59.7 Å². The molecule has 3 rings (SSSR count). The van der Waals surface area contributed by atoms with Crippen LogP contribution in [0, 0.1) is 0 Å². The summed E-state index contributed by atoms with van der Waals surface area (Å²) in [6.45, 7) is 6.59. The van der Waals surface area contributed by atoms with Gasteiger partial charge < -0.3 is 5.32 Å². The predicted molar refractivity (Wildman–Crippen MR) is 107 cm³/mol. The van der Waals surface area contributed by atoms with Gasteiger partial charge in [-0.1, -0.05) is 45.0 Å². The van der Waals surface area contributed by atoms with E-state index in [-0.39, 0.29) is 35.0 Å². The molecule has 0 saturated carbocycles. The number of sulfonamides is 1. The van der Waals surface area contributed by atoms with Gasteiger partial charge in [-0.25, -0.2) is 8.42 Å². The highest BCUT2D eigenvalue weighted by atomic mass is 32.2. The third kappa shape index (κ3) is 4.36. The second-order valence-corrected chi connectivity index (χ2v) is 9.11. The summed E-state index contributed by atoms with van der Waals surface area (Å²) in [7, 11) is -3.55. The summed E-state index contributed by atoms with van der Waals surface area (Å²) in [5.74, 6) is 0.116. The molecule has 0 aromatic heterocycles. The van der Waals surface area contributed by atoms with E-state index in [1.807, 2.05) is 24.3 Å². The van der Waals surface area contributed by atoms with Gasteiger partial charge in [0.25, 0.3) is 10.0 Å². The van der Waals surface area contributed by atoms with Crippen molar-refractivity contribution in [1.82, 2.24) is 4.72 Å². The van der Waals surface area contributed by atoms with Crippen molar-refractivity contribution in [2.24, 2.45) is 4.99 Å². The van der Waals surface area contributed by atoms with Crippen LogP contribution in [0.3, 0.4) is 0 Å². The topological polar surface area (TPSA) is 87.6 Å². The van der Waals surface area contributed by atoms with Gasteiger partial charge in [-0.05, 0) is 35.2 Å². The summed E-state index contributed by atoms with van der Waals surface area (Å²) >= 11 is 0. The molecule has 0 fully saturated rings. The SMILES string of the molecule is CC(C)(C)c1ccc(NC(=O)CCN=C2NS(=O)(=O)c3ccccc32)cc1. The lowest BCUT2D eigenvalue weighted by Crippen LogP contribution is -2.23. The van der Waals surface area contributed by atoms with Crippen LogP contribution in [-0.4, -0.2) is 26.7 Å². The number of rotatable bonds is 4. The number of nitrogens with one attached hydrogen (secondary N) is 2. The summed E-state index contributed by atoms with van der Waals surface area (Å²) in [5, 5.41) is 2.83. The van der Waals surface area contributed by atoms with Crippen molar-refractivity contribution in [3.63, 3.8) is 0 Å².